The third-order valence-electron chi connectivity index (χ3n) is 4.21. The summed E-state index contributed by atoms with van der Waals surface area (Å²) in [6.45, 7) is 3.30. The molecule has 21 heavy (non-hydrogen) atoms. The van der Waals surface area contributed by atoms with Gasteiger partial charge in [0.2, 0.25) is 0 Å². The van der Waals surface area contributed by atoms with Crippen molar-refractivity contribution in [3.8, 4) is 0 Å². The van der Waals surface area contributed by atoms with Gasteiger partial charge in [-0.15, -0.1) is 11.3 Å². The molecule has 0 saturated carbocycles. The van der Waals surface area contributed by atoms with Gasteiger partial charge < -0.3 is 5.73 Å². The second kappa shape index (κ2) is 5.58. The lowest BCUT2D eigenvalue weighted by molar-refractivity contribution is 0.406. The second-order valence-corrected chi connectivity index (χ2v) is 8.19. The van der Waals surface area contributed by atoms with Gasteiger partial charge in [-0.05, 0) is 25.2 Å². The van der Waals surface area contributed by atoms with Gasteiger partial charge in [0.05, 0.1) is 0 Å². The van der Waals surface area contributed by atoms with Crippen molar-refractivity contribution < 1.29 is 8.42 Å². The van der Waals surface area contributed by atoms with E-state index in [1.165, 1.54) is 11.3 Å². The number of fused-ring (bicyclic) bond motifs is 1. The maximum atomic E-state index is 12.9. The summed E-state index contributed by atoms with van der Waals surface area (Å²) in [6, 6.07) is 0. The zero-order chi connectivity index (χ0) is 15.0. The van der Waals surface area contributed by atoms with Crippen molar-refractivity contribution in [1.82, 2.24) is 13.7 Å². The van der Waals surface area contributed by atoms with Crippen LogP contribution in [0.25, 0.3) is 4.96 Å². The summed E-state index contributed by atoms with van der Waals surface area (Å²) in [4.78, 5) is 4.76. The third-order valence-corrected chi connectivity index (χ3v) is 6.91. The fourth-order valence-corrected chi connectivity index (χ4v) is 5.39. The first-order valence-corrected chi connectivity index (χ1v) is 9.57. The predicted octanol–water partition coefficient (Wildman–Crippen LogP) is 2.18. The van der Waals surface area contributed by atoms with Crippen molar-refractivity contribution in [2.45, 2.75) is 37.6 Å². The van der Waals surface area contributed by atoms with Crippen LogP contribution in [0.4, 0.5) is 5.82 Å². The highest BCUT2D eigenvalue weighted by Crippen LogP contribution is 2.29. The normalized spacial score (nSPS) is 21.7. The van der Waals surface area contributed by atoms with Crippen molar-refractivity contribution in [2.24, 2.45) is 5.92 Å². The Morgan fingerprint density at radius 1 is 1.43 bits per heavy atom. The first-order valence-electron chi connectivity index (χ1n) is 7.25. The summed E-state index contributed by atoms with van der Waals surface area (Å²) < 4.78 is 29.0. The number of nitrogens with zero attached hydrogens (tertiary/aromatic N) is 3. The Bertz CT molecular complexity index is 735. The number of hydrogen-bond acceptors (Lipinski definition) is 5. The topological polar surface area (TPSA) is 80.7 Å². The Balaban J connectivity index is 1.96. The molecule has 0 bridgehead atoms. The fourth-order valence-electron chi connectivity index (χ4n) is 2.95. The van der Waals surface area contributed by atoms with Crippen LogP contribution in [0.3, 0.4) is 0 Å². The van der Waals surface area contributed by atoms with Gasteiger partial charge in [-0.2, -0.15) is 4.31 Å². The zero-order valence-electron chi connectivity index (χ0n) is 12.0. The van der Waals surface area contributed by atoms with E-state index in [2.05, 4.69) is 11.9 Å². The van der Waals surface area contributed by atoms with Crippen LogP contribution < -0.4 is 5.73 Å². The van der Waals surface area contributed by atoms with Crippen LogP contribution in [-0.4, -0.2) is 35.2 Å². The molecule has 1 saturated heterocycles. The van der Waals surface area contributed by atoms with Crippen molar-refractivity contribution in [2.75, 3.05) is 18.8 Å². The van der Waals surface area contributed by atoms with E-state index in [0.29, 0.717) is 24.0 Å². The highest BCUT2D eigenvalue weighted by atomic mass is 32.2. The second-order valence-electron chi connectivity index (χ2n) is 5.47. The van der Waals surface area contributed by atoms with E-state index < -0.39 is 10.0 Å². The van der Waals surface area contributed by atoms with Crippen LogP contribution in [0.5, 0.6) is 0 Å². The average molecular weight is 328 g/mol. The van der Waals surface area contributed by atoms with Crippen molar-refractivity contribution in [3.63, 3.8) is 0 Å². The lowest BCUT2D eigenvalue weighted by atomic mass is 9.98. The van der Waals surface area contributed by atoms with E-state index in [-0.39, 0.29) is 10.8 Å². The standard InChI is InChI=1S/C13H20N4O2S2/c1-2-10-4-3-6-16(7-5-10)21(18,19)12-11(14)15-13-17(12)8-9-20-13/h8-10H,2-7,14H2,1H3. The summed E-state index contributed by atoms with van der Waals surface area (Å²) in [6.07, 6.45) is 5.74. The molecule has 6 nitrogen and oxygen atoms in total. The molecule has 0 aromatic carbocycles. The molecule has 1 atom stereocenters. The SMILES string of the molecule is CCC1CCCN(S(=O)(=O)c2c(N)nc3sccn23)CC1. The molecule has 2 aromatic rings. The maximum Gasteiger partial charge on any atom is 0.262 e. The third kappa shape index (κ3) is 2.56. The molecule has 0 spiro atoms. The molecule has 1 unspecified atom stereocenters. The summed E-state index contributed by atoms with van der Waals surface area (Å²) >= 11 is 1.38. The lowest BCUT2D eigenvalue weighted by Crippen LogP contribution is -2.33. The molecule has 1 aliphatic heterocycles. The number of thiazole rings is 1. The number of rotatable bonds is 3. The number of nitrogen functional groups attached to an aromatic ring is 1. The van der Waals surface area contributed by atoms with E-state index in [1.54, 1.807) is 14.9 Å². The van der Waals surface area contributed by atoms with E-state index >= 15 is 0 Å². The summed E-state index contributed by atoms with van der Waals surface area (Å²) in [5, 5.41) is 1.93. The van der Waals surface area contributed by atoms with Crippen LogP contribution in [0.1, 0.15) is 32.6 Å². The van der Waals surface area contributed by atoms with Gasteiger partial charge in [-0.1, -0.05) is 13.3 Å². The summed E-state index contributed by atoms with van der Waals surface area (Å²) in [5.74, 6) is 0.715. The van der Waals surface area contributed by atoms with Crippen LogP contribution in [-0.2, 0) is 10.0 Å². The number of aromatic nitrogens is 2. The quantitative estimate of drug-likeness (QED) is 0.936. The van der Waals surface area contributed by atoms with Crippen LogP contribution in [0.2, 0.25) is 0 Å². The van der Waals surface area contributed by atoms with Gasteiger partial charge in [0, 0.05) is 24.7 Å². The molecule has 116 valence electrons. The Kier molecular flexibility index (Phi) is 3.94. The highest BCUT2D eigenvalue weighted by Gasteiger charge is 2.32. The maximum absolute atomic E-state index is 12.9. The van der Waals surface area contributed by atoms with Crippen molar-refractivity contribution >= 4 is 32.1 Å². The smallest absolute Gasteiger partial charge is 0.262 e. The van der Waals surface area contributed by atoms with E-state index in [4.69, 9.17) is 5.73 Å². The molecule has 0 amide bonds. The van der Waals surface area contributed by atoms with Crippen LogP contribution in [0.15, 0.2) is 16.6 Å². The lowest BCUT2D eigenvalue weighted by Gasteiger charge is -2.19. The first kappa shape index (κ1) is 14.8. The fraction of sp³-hybridized carbons (Fsp3) is 0.615. The van der Waals surface area contributed by atoms with Gasteiger partial charge in [0.1, 0.15) is 0 Å². The largest absolute Gasteiger partial charge is 0.381 e. The first-order chi connectivity index (χ1) is 10.0. The minimum Gasteiger partial charge on any atom is -0.381 e. The van der Waals surface area contributed by atoms with Crippen LogP contribution >= 0.6 is 11.3 Å². The van der Waals surface area contributed by atoms with Crippen molar-refractivity contribution in [3.05, 3.63) is 11.6 Å². The van der Waals surface area contributed by atoms with Crippen LogP contribution in [0, 0.1) is 5.92 Å². The molecular weight excluding hydrogens is 308 g/mol. The molecule has 0 radical (unpaired) electrons. The molecule has 2 aromatic heterocycles. The number of nitrogens with two attached hydrogens (primary N) is 1. The molecule has 3 heterocycles. The average Bonchev–Trinajstić information content (AvgIpc) is 2.88. The van der Waals surface area contributed by atoms with Gasteiger partial charge in [0.25, 0.3) is 10.0 Å². The number of imidazole rings is 1. The molecule has 1 fully saturated rings. The van der Waals surface area contributed by atoms with Crippen molar-refractivity contribution in [1.29, 1.82) is 0 Å². The Morgan fingerprint density at radius 2 is 2.24 bits per heavy atom. The van der Waals surface area contributed by atoms with E-state index in [9.17, 15) is 8.42 Å². The molecule has 0 aliphatic carbocycles. The Labute approximate surface area is 128 Å². The number of hydrogen-bond donors (Lipinski definition) is 1. The van der Waals surface area contributed by atoms with Gasteiger partial charge >= 0.3 is 0 Å². The molecule has 2 N–H and O–H groups in total. The number of anilines is 1. The summed E-state index contributed by atoms with van der Waals surface area (Å²) in [5.41, 5.74) is 5.85. The van der Waals surface area contributed by atoms with Gasteiger partial charge in [-0.25, -0.2) is 13.4 Å². The van der Waals surface area contributed by atoms with E-state index in [1.807, 2.05) is 5.38 Å². The molecule has 3 rings (SSSR count). The zero-order valence-corrected chi connectivity index (χ0v) is 13.7. The van der Waals surface area contributed by atoms with E-state index in [0.717, 1.165) is 25.7 Å². The number of sulfonamides is 1. The van der Waals surface area contributed by atoms with Gasteiger partial charge in [0.15, 0.2) is 15.8 Å². The minimum absolute atomic E-state index is 0.0955. The molecular formula is C13H20N4O2S2. The minimum atomic E-state index is -3.59. The molecule has 1 aliphatic rings. The summed E-state index contributed by atoms with van der Waals surface area (Å²) in [7, 11) is -3.59. The Morgan fingerprint density at radius 3 is 3.00 bits per heavy atom. The highest BCUT2D eigenvalue weighted by molar-refractivity contribution is 7.89. The monoisotopic (exact) mass is 328 g/mol. The Hall–Kier alpha value is -1.12. The predicted molar refractivity (Wildman–Crippen MR) is 83.9 cm³/mol. The van der Waals surface area contributed by atoms with Gasteiger partial charge in [-0.3, -0.25) is 4.40 Å². The molecule has 8 heteroatoms.